The van der Waals surface area contributed by atoms with Gasteiger partial charge in [0.25, 0.3) is 0 Å². The number of rotatable bonds is 5. The minimum Gasteiger partial charge on any atom is -0.294 e. The molecule has 6 heteroatoms. The zero-order chi connectivity index (χ0) is 13.8. The Morgan fingerprint density at radius 3 is 2.50 bits per heavy atom. The molecule has 1 rings (SSSR count). The highest BCUT2D eigenvalue weighted by molar-refractivity contribution is 6.20. The van der Waals surface area contributed by atoms with Crippen molar-refractivity contribution < 1.29 is 17.6 Å². The third-order valence-electron chi connectivity index (χ3n) is 3.33. The molecule has 0 N–H and O–H groups in total. The van der Waals surface area contributed by atoms with Crippen LogP contribution in [0.3, 0.4) is 0 Å². The Kier molecular flexibility index (Phi) is 6.18. The van der Waals surface area contributed by atoms with Crippen LogP contribution in [0.5, 0.6) is 0 Å². The van der Waals surface area contributed by atoms with Crippen LogP contribution in [-0.2, 0) is 0 Å². The average Bonchev–Trinajstić information content (AvgIpc) is 2.43. The first kappa shape index (κ1) is 16.0. The lowest BCUT2D eigenvalue weighted by atomic mass is 10.0. The molecular weight excluding hydrogens is 270 g/mol. The van der Waals surface area contributed by atoms with Gasteiger partial charge in [-0.25, -0.2) is 8.78 Å². The highest BCUT2D eigenvalue weighted by Gasteiger charge is 2.43. The summed E-state index contributed by atoms with van der Waals surface area (Å²) < 4.78 is 50.8. The molecule has 1 fully saturated rings. The number of likely N-dealkylation sites (tertiary alicyclic amines) is 1. The molecule has 1 aliphatic heterocycles. The largest absolute Gasteiger partial charge is 0.319 e. The molecule has 0 aromatic rings. The van der Waals surface area contributed by atoms with Crippen LogP contribution in [0.2, 0.25) is 0 Å². The number of nitrogens with zero attached hydrogens (tertiary/aromatic N) is 1. The molecule has 1 saturated heterocycles. The van der Waals surface area contributed by atoms with Gasteiger partial charge in [-0.1, -0.05) is 12.8 Å². The van der Waals surface area contributed by atoms with Crippen molar-refractivity contribution in [3.05, 3.63) is 0 Å². The summed E-state index contributed by atoms with van der Waals surface area (Å²) in [4.78, 5) is 1.50. The molecule has 2 atom stereocenters. The molecule has 1 heterocycles. The van der Waals surface area contributed by atoms with Gasteiger partial charge in [-0.2, -0.15) is 8.78 Å². The third kappa shape index (κ3) is 4.92. The van der Waals surface area contributed by atoms with Crippen molar-refractivity contribution >= 4 is 11.6 Å². The van der Waals surface area contributed by atoms with E-state index < -0.39 is 18.9 Å². The third-order valence-corrected chi connectivity index (χ3v) is 3.51. The first-order chi connectivity index (χ1) is 8.33. The summed E-state index contributed by atoms with van der Waals surface area (Å²) in [6.45, 7) is 1.39. The van der Waals surface area contributed by atoms with Crippen LogP contribution in [-0.4, -0.2) is 41.8 Å². The second-order valence-electron chi connectivity index (χ2n) is 5.05. The molecule has 0 radical (unpaired) electrons. The fraction of sp³-hybridized carbons (Fsp3) is 1.00. The second kappa shape index (κ2) is 6.94. The van der Waals surface area contributed by atoms with Crippen molar-refractivity contribution in [2.75, 3.05) is 13.1 Å². The van der Waals surface area contributed by atoms with Gasteiger partial charge < -0.3 is 0 Å². The molecule has 0 aromatic carbocycles. The summed E-state index contributed by atoms with van der Waals surface area (Å²) >= 11 is 5.90. The Labute approximate surface area is 110 Å². The maximum absolute atomic E-state index is 13.1. The summed E-state index contributed by atoms with van der Waals surface area (Å²) in [6.07, 6.45) is 0.424. The number of alkyl halides is 5. The van der Waals surface area contributed by atoms with Gasteiger partial charge in [0.05, 0.1) is 6.54 Å². The van der Waals surface area contributed by atoms with Crippen LogP contribution >= 0.6 is 11.6 Å². The summed E-state index contributed by atoms with van der Waals surface area (Å²) in [5, 5.41) is -0.129. The van der Waals surface area contributed by atoms with E-state index in [-0.39, 0.29) is 11.4 Å². The van der Waals surface area contributed by atoms with E-state index in [2.05, 4.69) is 0 Å². The van der Waals surface area contributed by atoms with E-state index in [0.717, 1.165) is 25.7 Å². The normalized spacial score (nSPS) is 25.2. The molecule has 0 spiro atoms. The van der Waals surface area contributed by atoms with Crippen LogP contribution in [0.25, 0.3) is 0 Å². The Balaban J connectivity index is 2.67. The summed E-state index contributed by atoms with van der Waals surface area (Å²) in [6, 6.07) is -0.107. The van der Waals surface area contributed by atoms with Gasteiger partial charge in [0.2, 0.25) is 0 Å². The summed E-state index contributed by atoms with van der Waals surface area (Å²) in [7, 11) is 0. The van der Waals surface area contributed by atoms with Crippen molar-refractivity contribution in [1.82, 2.24) is 4.90 Å². The lowest BCUT2D eigenvalue weighted by Gasteiger charge is -2.33. The minimum absolute atomic E-state index is 0.107. The molecule has 18 heavy (non-hydrogen) atoms. The maximum atomic E-state index is 13.1. The Morgan fingerprint density at radius 2 is 1.94 bits per heavy atom. The minimum atomic E-state index is -3.93. The van der Waals surface area contributed by atoms with E-state index in [1.807, 2.05) is 0 Å². The van der Waals surface area contributed by atoms with Crippen LogP contribution in [0.1, 0.15) is 39.0 Å². The van der Waals surface area contributed by atoms with Crippen molar-refractivity contribution in [2.45, 2.75) is 62.8 Å². The van der Waals surface area contributed by atoms with Gasteiger partial charge in [-0.3, -0.25) is 4.90 Å². The SMILES string of the molecule is CC(Cl)CC1CCCCCN1CC(F)(F)C(F)F. The van der Waals surface area contributed by atoms with Crippen molar-refractivity contribution in [3.8, 4) is 0 Å². The monoisotopic (exact) mass is 289 g/mol. The van der Waals surface area contributed by atoms with Crippen molar-refractivity contribution in [1.29, 1.82) is 0 Å². The van der Waals surface area contributed by atoms with Gasteiger partial charge >= 0.3 is 12.3 Å². The fourth-order valence-electron chi connectivity index (χ4n) is 2.43. The van der Waals surface area contributed by atoms with Crippen molar-refractivity contribution in [2.24, 2.45) is 0 Å². The molecule has 0 bridgehead atoms. The zero-order valence-electron chi connectivity index (χ0n) is 10.5. The lowest BCUT2D eigenvalue weighted by Crippen LogP contribution is -2.46. The zero-order valence-corrected chi connectivity index (χ0v) is 11.3. The molecule has 0 saturated carbocycles. The highest BCUT2D eigenvalue weighted by atomic mass is 35.5. The van der Waals surface area contributed by atoms with Gasteiger partial charge in [0.15, 0.2) is 0 Å². The molecular formula is C12H20ClF4N. The molecule has 0 amide bonds. The highest BCUT2D eigenvalue weighted by Crippen LogP contribution is 2.29. The lowest BCUT2D eigenvalue weighted by molar-refractivity contribution is -0.146. The van der Waals surface area contributed by atoms with Gasteiger partial charge in [0, 0.05) is 11.4 Å². The van der Waals surface area contributed by atoms with Gasteiger partial charge in [-0.05, 0) is 32.7 Å². The summed E-state index contributed by atoms with van der Waals surface area (Å²) in [5.41, 5.74) is 0. The van der Waals surface area contributed by atoms with Crippen molar-refractivity contribution in [3.63, 3.8) is 0 Å². The topological polar surface area (TPSA) is 3.24 Å². The molecule has 1 aliphatic rings. The predicted molar refractivity (Wildman–Crippen MR) is 64.7 cm³/mol. The first-order valence-electron chi connectivity index (χ1n) is 6.37. The maximum Gasteiger partial charge on any atom is 0.319 e. The van der Waals surface area contributed by atoms with E-state index >= 15 is 0 Å². The van der Waals surface area contributed by atoms with E-state index in [4.69, 9.17) is 11.6 Å². The van der Waals surface area contributed by atoms with Crippen LogP contribution in [0.15, 0.2) is 0 Å². The van der Waals surface area contributed by atoms with E-state index in [9.17, 15) is 17.6 Å². The quantitative estimate of drug-likeness (QED) is 0.543. The van der Waals surface area contributed by atoms with Crippen LogP contribution in [0.4, 0.5) is 17.6 Å². The summed E-state index contributed by atoms with van der Waals surface area (Å²) in [5.74, 6) is -3.93. The van der Waals surface area contributed by atoms with Gasteiger partial charge in [0.1, 0.15) is 0 Å². The first-order valence-corrected chi connectivity index (χ1v) is 6.80. The molecule has 1 nitrogen and oxygen atoms in total. The van der Waals surface area contributed by atoms with E-state index in [1.165, 1.54) is 4.90 Å². The average molecular weight is 290 g/mol. The molecule has 108 valence electrons. The fourth-order valence-corrected chi connectivity index (χ4v) is 2.63. The number of hydrogen-bond acceptors (Lipinski definition) is 1. The Hall–Kier alpha value is -0.0300. The Morgan fingerprint density at radius 1 is 1.28 bits per heavy atom. The molecule has 0 aliphatic carbocycles. The van der Waals surface area contributed by atoms with Crippen LogP contribution in [0, 0.1) is 0 Å². The van der Waals surface area contributed by atoms with E-state index in [0.29, 0.717) is 13.0 Å². The predicted octanol–water partition coefficient (Wildman–Crippen LogP) is 4.15. The molecule has 0 aromatic heterocycles. The van der Waals surface area contributed by atoms with E-state index in [1.54, 1.807) is 6.92 Å². The Bertz CT molecular complexity index is 248. The number of hydrogen-bond donors (Lipinski definition) is 0. The number of halogens is 5. The van der Waals surface area contributed by atoms with Crippen LogP contribution < -0.4 is 0 Å². The van der Waals surface area contributed by atoms with Gasteiger partial charge in [-0.15, -0.1) is 11.6 Å². The standard InChI is InChI=1S/C12H20ClF4N/c1-9(13)7-10-5-3-2-4-6-18(10)8-12(16,17)11(14)15/h9-11H,2-8H2,1H3. The second-order valence-corrected chi connectivity index (χ2v) is 5.80. The molecule has 2 unspecified atom stereocenters. The smallest absolute Gasteiger partial charge is 0.294 e.